The van der Waals surface area contributed by atoms with Crippen molar-refractivity contribution in [1.29, 1.82) is 0 Å². The quantitative estimate of drug-likeness (QED) is 0.564. The lowest BCUT2D eigenvalue weighted by molar-refractivity contribution is 0.219. The van der Waals surface area contributed by atoms with Crippen molar-refractivity contribution in [1.82, 2.24) is 0 Å². The number of phenols is 1. The van der Waals surface area contributed by atoms with Crippen LogP contribution in [0.15, 0.2) is 18.2 Å². The second-order valence-corrected chi connectivity index (χ2v) is 9.20. The van der Waals surface area contributed by atoms with Crippen molar-refractivity contribution < 1.29 is 32.3 Å². The molecule has 1 atom stereocenters. The van der Waals surface area contributed by atoms with Crippen LogP contribution in [-0.4, -0.2) is 32.0 Å². The van der Waals surface area contributed by atoms with Crippen LogP contribution in [0.25, 0.3) is 0 Å². The predicted octanol–water partition coefficient (Wildman–Crippen LogP) is 4.53. The van der Waals surface area contributed by atoms with Crippen LogP contribution in [0, 0.1) is 0 Å². The Morgan fingerprint density at radius 1 is 0.833 bits per heavy atom. The Hall–Kier alpha value is -0.680. The maximum atomic E-state index is 12.6. The fourth-order valence-electron chi connectivity index (χ4n) is 2.25. The van der Waals surface area contributed by atoms with E-state index in [9.17, 15) is 14.2 Å². The highest BCUT2D eigenvalue weighted by molar-refractivity contribution is 7.53. The van der Waals surface area contributed by atoms with Gasteiger partial charge in [-0.1, -0.05) is 6.07 Å². The normalized spacial score (nSPS) is 14.5. The van der Waals surface area contributed by atoms with E-state index in [1.807, 2.05) is 0 Å². The van der Waals surface area contributed by atoms with E-state index in [4.69, 9.17) is 18.1 Å². The molecule has 138 valence electrons. The van der Waals surface area contributed by atoms with Crippen LogP contribution < -0.4 is 0 Å². The van der Waals surface area contributed by atoms with Crippen molar-refractivity contribution in [2.45, 2.75) is 33.1 Å². The monoisotopic (exact) mass is 380 g/mol. The lowest BCUT2D eigenvalue weighted by atomic mass is 10.1. The van der Waals surface area contributed by atoms with Gasteiger partial charge in [-0.05, 0) is 44.0 Å². The number of hydrogen-bond acceptors (Lipinski definition) is 7. The molecule has 1 aromatic carbocycles. The summed E-state index contributed by atoms with van der Waals surface area (Å²) in [4.78, 5) is 0. The Bertz CT molecular complexity index is 608. The molecule has 0 amide bonds. The van der Waals surface area contributed by atoms with Crippen molar-refractivity contribution >= 4 is 15.2 Å². The molecular weight excluding hydrogens is 354 g/mol. The molecule has 0 aliphatic rings. The molecule has 0 bridgehead atoms. The van der Waals surface area contributed by atoms with Gasteiger partial charge in [0.1, 0.15) is 5.75 Å². The van der Waals surface area contributed by atoms with Crippen molar-refractivity contribution in [2.75, 3.05) is 26.9 Å². The molecule has 1 N–H and O–H groups in total. The van der Waals surface area contributed by atoms with E-state index in [1.54, 1.807) is 26.8 Å². The molecular formula is C15H26O7P2. The van der Waals surface area contributed by atoms with Gasteiger partial charge in [0.05, 0.1) is 32.1 Å². The summed E-state index contributed by atoms with van der Waals surface area (Å²) in [5, 5.41) is 9.91. The second kappa shape index (κ2) is 9.71. The van der Waals surface area contributed by atoms with Crippen molar-refractivity contribution in [3.63, 3.8) is 0 Å². The van der Waals surface area contributed by atoms with E-state index >= 15 is 0 Å². The molecule has 0 heterocycles. The van der Waals surface area contributed by atoms with E-state index in [0.717, 1.165) is 0 Å². The summed E-state index contributed by atoms with van der Waals surface area (Å²) in [5.74, 6) is -0.0267. The fraction of sp³-hybridized carbons (Fsp3) is 0.600. The molecule has 1 rings (SSSR count). The maximum absolute atomic E-state index is 12.6. The van der Waals surface area contributed by atoms with Gasteiger partial charge < -0.3 is 23.2 Å². The van der Waals surface area contributed by atoms with Crippen molar-refractivity contribution in [3.05, 3.63) is 29.3 Å². The molecule has 7 nitrogen and oxygen atoms in total. The summed E-state index contributed by atoms with van der Waals surface area (Å²) >= 11 is 0. The van der Waals surface area contributed by atoms with Crippen LogP contribution in [0.3, 0.4) is 0 Å². The molecule has 24 heavy (non-hydrogen) atoms. The van der Waals surface area contributed by atoms with Crippen LogP contribution in [0.5, 0.6) is 5.75 Å². The first-order valence-corrected chi connectivity index (χ1v) is 11.2. The number of benzene rings is 1. The Morgan fingerprint density at radius 3 is 1.67 bits per heavy atom. The van der Waals surface area contributed by atoms with Gasteiger partial charge in [0.15, 0.2) is 0 Å². The summed E-state index contributed by atoms with van der Waals surface area (Å²) in [6, 6.07) is 4.64. The van der Waals surface area contributed by atoms with E-state index in [1.165, 1.54) is 19.2 Å². The largest absolute Gasteiger partial charge is 0.508 e. The molecule has 0 spiro atoms. The topological polar surface area (TPSA) is 91.3 Å². The SMILES string of the molecule is CCOP(=O)(Cc1cc(O)cc(CP(=O)(OCC)OCC)c1)OC. The van der Waals surface area contributed by atoms with Crippen molar-refractivity contribution in [2.24, 2.45) is 0 Å². The first kappa shape index (κ1) is 21.4. The number of aromatic hydroxyl groups is 1. The summed E-state index contributed by atoms with van der Waals surface area (Å²) in [6.07, 6.45) is 0.0221. The van der Waals surface area contributed by atoms with Crippen LogP contribution in [0.4, 0.5) is 0 Å². The predicted molar refractivity (Wildman–Crippen MR) is 92.6 cm³/mol. The molecule has 0 radical (unpaired) electrons. The Morgan fingerprint density at radius 2 is 1.25 bits per heavy atom. The summed E-state index contributed by atoms with van der Waals surface area (Å²) in [5.41, 5.74) is 1.12. The minimum Gasteiger partial charge on any atom is -0.508 e. The Balaban J connectivity index is 3.05. The van der Waals surface area contributed by atoms with Gasteiger partial charge in [-0.3, -0.25) is 9.13 Å². The molecule has 0 aliphatic carbocycles. The molecule has 0 saturated carbocycles. The lowest BCUT2D eigenvalue weighted by Crippen LogP contribution is -2.01. The third-order valence-electron chi connectivity index (χ3n) is 3.05. The zero-order chi connectivity index (χ0) is 18.2. The van der Waals surface area contributed by atoms with Gasteiger partial charge >= 0.3 is 15.2 Å². The maximum Gasteiger partial charge on any atom is 0.335 e. The van der Waals surface area contributed by atoms with Crippen molar-refractivity contribution in [3.8, 4) is 5.75 Å². The van der Waals surface area contributed by atoms with E-state index in [2.05, 4.69) is 0 Å². The summed E-state index contributed by atoms with van der Waals surface area (Å²) < 4.78 is 45.8. The van der Waals surface area contributed by atoms with E-state index < -0.39 is 15.2 Å². The highest BCUT2D eigenvalue weighted by Crippen LogP contribution is 2.53. The van der Waals surface area contributed by atoms with Gasteiger partial charge in [0.2, 0.25) is 0 Å². The lowest BCUT2D eigenvalue weighted by Gasteiger charge is -2.18. The van der Waals surface area contributed by atoms with Gasteiger partial charge in [0, 0.05) is 7.11 Å². The first-order chi connectivity index (χ1) is 11.3. The average molecular weight is 380 g/mol. The Labute approximate surface area is 143 Å². The number of hydrogen-bond donors (Lipinski definition) is 1. The third kappa shape index (κ3) is 6.67. The third-order valence-corrected chi connectivity index (χ3v) is 7.06. The minimum atomic E-state index is -3.29. The second-order valence-electron chi connectivity index (χ2n) is 4.98. The van der Waals surface area contributed by atoms with Crippen LogP contribution in [-0.2, 0) is 39.5 Å². The molecule has 1 aromatic rings. The molecule has 0 aliphatic heterocycles. The number of rotatable bonds is 11. The zero-order valence-corrected chi connectivity index (χ0v) is 16.3. The smallest absolute Gasteiger partial charge is 0.335 e. The molecule has 9 heteroatoms. The minimum absolute atomic E-state index is 0.00626. The molecule has 0 saturated heterocycles. The van der Waals surface area contributed by atoms with Crippen LogP contribution in [0.1, 0.15) is 31.9 Å². The zero-order valence-electron chi connectivity index (χ0n) is 14.6. The van der Waals surface area contributed by atoms with Crippen LogP contribution in [0.2, 0.25) is 0 Å². The fourth-order valence-corrected chi connectivity index (χ4v) is 5.28. The molecule has 0 aromatic heterocycles. The molecule has 0 fully saturated rings. The first-order valence-electron chi connectivity index (χ1n) is 7.79. The van der Waals surface area contributed by atoms with Crippen LogP contribution >= 0.6 is 15.2 Å². The van der Waals surface area contributed by atoms with E-state index in [-0.39, 0.29) is 37.9 Å². The van der Waals surface area contributed by atoms with Gasteiger partial charge in [-0.15, -0.1) is 0 Å². The summed E-state index contributed by atoms with van der Waals surface area (Å²) in [7, 11) is -5.26. The highest BCUT2D eigenvalue weighted by atomic mass is 31.2. The van der Waals surface area contributed by atoms with Gasteiger partial charge in [0.25, 0.3) is 0 Å². The van der Waals surface area contributed by atoms with E-state index in [0.29, 0.717) is 11.1 Å². The van der Waals surface area contributed by atoms with Gasteiger partial charge in [-0.25, -0.2) is 0 Å². The van der Waals surface area contributed by atoms with Gasteiger partial charge in [-0.2, -0.15) is 0 Å². The Kier molecular flexibility index (Phi) is 8.65. The average Bonchev–Trinajstić information content (AvgIpc) is 2.46. The summed E-state index contributed by atoms with van der Waals surface area (Å²) in [6.45, 7) is 5.95. The highest BCUT2D eigenvalue weighted by Gasteiger charge is 2.26. The standard InChI is InChI=1S/C15H26O7P2/c1-5-20-23(17,19-4)11-13-8-14(10-15(16)9-13)12-24(18,21-6-2)22-7-3/h8-10,16H,5-7,11-12H2,1-4H3. The number of phenolic OH excluding ortho intramolecular Hbond substituents is 1. The molecule has 1 unspecified atom stereocenters.